The van der Waals surface area contributed by atoms with Gasteiger partial charge in [0.15, 0.2) is 0 Å². The Bertz CT molecular complexity index is 991. The van der Waals surface area contributed by atoms with E-state index in [1.54, 1.807) is 6.07 Å². The topological polar surface area (TPSA) is 64.0 Å². The summed E-state index contributed by atoms with van der Waals surface area (Å²) in [6.07, 6.45) is 0.606. The van der Waals surface area contributed by atoms with Gasteiger partial charge in [0.25, 0.3) is 5.56 Å². The molecule has 1 heterocycles. The Balaban J connectivity index is 2.09. The van der Waals surface area contributed by atoms with Gasteiger partial charge < -0.3 is 5.32 Å². The summed E-state index contributed by atoms with van der Waals surface area (Å²) in [6.45, 7) is 5.49. The van der Waals surface area contributed by atoms with Gasteiger partial charge in [-0.3, -0.25) is 9.59 Å². The quantitative estimate of drug-likeness (QED) is 0.780. The summed E-state index contributed by atoms with van der Waals surface area (Å²) in [7, 11) is 0. The number of nitrogens with zero attached hydrogens (tertiary/aromatic N) is 2. The molecular weight excluding hydrogens is 314 g/mol. The molecule has 5 heteroatoms. The fraction of sp³-hybridized carbons (Fsp3) is 0.150. The van der Waals surface area contributed by atoms with Crippen molar-refractivity contribution in [3.05, 3.63) is 82.8 Å². The second kappa shape index (κ2) is 7.13. The van der Waals surface area contributed by atoms with Crippen LogP contribution in [0.1, 0.15) is 18.2 Å². The highest BCUT2D eigenvalue weighted by atomic mass is 16.1. The fourth-order valence-corrected chi connectivity index (χ4v) is 2.69. The lowest BCUT2D eigenvalue weighted by Gasteiger charge is -2.13. The monoisotopic (exact) mass is 333 g/mol. The number of carbonyl (C=O) groups excluding carboxylic acids is 1. The standard InChI is InChI=1S/C20H19N3O2/c1-14(13-21-15(2)24)23-20(25)18-11-7-6-10-17(18)19(22-23)12-16-8-4-3-5-9-16/h3-11H,1,12-13H2,2H3,(H,21,24). The van der Waals surface area contributed by atoms with Crippen LogP contribution in [0.5, 0.6) is 0 Å². The van der Waals surface area contributed by atoms with Crippen LogP contribution in [0, 0.1) is 0 Å². The van der Waals surface area contributed by atoms with Crippen LogP contribution in [0.2, 0.25) is 0 Å². The Kier molecular flexibility index (Phi) is 4.75. The van der Waals surface area contributed by atoms with Gasteiger partial charge in [-0.05, 0) is 11.6 Å². The lowest BCUT2D eigenvalue weighted by Crippen LogP contribution is -2.30. The molecule has 0 spiro atoms. The lowest BCUT2D eigenvalue weighted by atomic mass is 10.0. The van der Waals surface area contributed by atoms with Gasteiger partial charge in [-0.25, -0.2) is 0 Å². The van der Waals surface area contributed by atoms with Crippen LogP contribution in [0.3, 0.4) is 0 Å². The molecule has 126 valence electrons. The molecule has 3 rings (SSSR count). The number of amides is 1. The Hall–Kier alpha value is -3.21. The summed E-state index contributed by atoms with van der Waals surface area (Å²) >= 11 is 0. The Morgan fingerprint density at radius 1 is 1.08 bits per heavy atom. The second-order valence-corrected chi connectivity index (χ2v) is 5.85. The normalized spacial score (nSPS) is 10.6. The Morgan fingerprint density at radius 2 is 1.72 bits per heavy atom. The zero-order valence-electron chi connectivity index (χ0n) is 14.0. The third kappa shape index (κ3) is 3.66. The van der Waals surface area contributed by atoms with Crippen LogP contribution in [-0.2, 0) is 11.2 Å². The smallest absolute Gasteiger partial charge is 0.279 e. The molecule has 1 N–H and O–H groups in total. The molecule has 5 nitrogen and oxygen atoms in total. The SMILES string of the molecule is C=C(CNC(C)=O)n1nc(Cc2ccccc2)c2ccccc2c1=O. The van der Waals surface area contributed by atoms with Crippen molar-refractivity contribution < 1.29 is 4.79 Å². The van der Waals surface area contributed by atoms with Crippen LogP contribution in [0.15, 0.2) is 66.0 Å². The number of benzene rings is 2. The summed E-state index contributed by atoms with van der Waals surface area (Å²) in [6, 6.07) is 17.4. The average molecular weight is 333 g/mol. The van der Waals surface area contributed by atoms with E-state index < -0.39 is 0 Å². The molecule has 1 aromatic heterocycles. The molecule has 25 heavy (non-hydrogen) atoms. The molecule has 0 bridgehead atoms. The predicted octanol–water partition coefficient (Wildman–Crippen LogP) is 2.59. The van der Waals surface area contributed by atoms with Gasteiger partial charge in [-0.1, -0.05) is 55.1 Å². The number of fused-ring (bicyclic) bond motifs is 1. The summed E-state index contributed by atoms with van der Waals surface area (Å²) in [5, 5.41) is 8.60. The molecule has 0 aliphatic rings. The van der Waals surface area contributed by atoms with E-state index in [2.05, 4.69) is 17.0 Å². The van der Waals surface area contributed by atoms with E-state index in [4.69, 9.17) is 0 Å². The summed E-state index contributed by atoms with van der Waals surface area (Å²) in [5.74, 6) is -0.181. The van der Waals surface area contributed by atoms with Gasteiger partial charge in [0.05, 0.1) is 23.3 Å². The first kappa shape index (κ1) is 16.6. The Labute approximate surface area is 145 Å². The number of rotatable bonds is 5. The highest BCUT2D eigenvalue weighted by Crippen LogP contribution is 2.17. The number of hydrogen-bond acceptors (Lipinski definition) is 3. The van der Waals surface area contributed by atoms with Crippen LogP contribution in [0.4, 0.5) is 0 Å². The van der Waals surface area contributed by atoms with Gasteiger partial charge in [-0.2, -0.15) is 9.78 Å². The van der Waals surface area contributed by atoms with Gasteiger partial charge in [0.2, 0.25) is 5.91 Å². The number of hydrogen-bond donors (Lipinski definition) is 1. The van der Waals surface area contributed by atoms with E-state index in [1.165, 1.54) is 11.6 Å². The molecule has 0 aliphatic heterocycles. The van der Waals surface area contributed by atoms with Crippen LogP contribution >= 0.6 is 0 Å². The average Bonchev–Trinajstić information content (AvgIpc) is 2.63. The minimum absolute atomic E-state index is 0.172. The molecule has 0 radical (unpaired) electrons. The van der Waals surface area contributed by atoms with E-state index in [1.807, 2.05) is 48.5 Å². The molecule has 1 amide bonds. The van der Waals surface area contributed by atoms with Crippen molar-refractivity contribution in [1.29, 1.82) is 0 Å². The molecule has 2 aromatic carbocycles. The molecule has 3 aromatic rings. The molecule has 0 fully saturated rings. The van der Waals surface area contributed by atoms with Crippen molar-refractivity contribution in [3.63, 3.8) is 0 Å². The Morgan fingerprint density at radius 3 is 2.40 bits per heavy atom. The zero-order chi connectivity index (χ0) is 17.8. The molecular formula is C20H19N3O2. The molecule has 0 aliphatic carbocycles. The minimum Gasteiger partial charge on any atom is -0.351 e. The maximum absolute atomic E-state index is 12.7. The van der Waals surface area contributed by atoms with E-state index >= 15 is 0 Å². The van der Waals surface area contributed by atoms with E-state index in [-0.39, 0.29) is 18.0 Å². The van der Waals surface area contributed by atoms with Crippen molar-refractivity contribution in [1.82, 2.24) is 15.1 Å². The van der Waals surface area contributed by atoms with Crippen LogP contribution in [0.25, 0.3) is 16.5 Å². The van der Waals surface area contributed by atoms with Crippen LogP contribution in [-0.4, -0.2) is 22.2 Å². The van der Waals surface area contributed by atoms with Gasteiger partial charge >= 0.3 is 0 Å². The molecule has 0 atom stereocenters. The van der Waals surface area contributed by atoms with Crippen molar-refractivity contribution in [2.45, 2.75) is 13.3 Å². The zero-order valence-corrected chi connectivity index (χ0v) is 14.0. The predicted molar refractivity (Wildman–Crippen MR) is 99.3 cm³/mol. The first-order chi connectivity index (χ1) is 12.1. The van der Waals surface area contributed by atoms with E-state index in [9.17, 15) is 9.59 Å². The molecule has 0 saturated heterocycles. The van der Waals surface area contributed by atoms with Gasteiger partial charge in [0.1, 0.15) is 0 Å². The fourth-order valence-electron chi connectivity index (χ4n) is 2.69. The third-order valence-electron chi connectivity index (χ3n) is 3.94. The lowest BCUT2D eigenvalue weighted by molar-refractivity contribution is -0.118. The second-order valence-electron chi connectivity index (χ2n) is 5.85. The highest BCUT2D eigenvalue weighted by molar-refractivity contribution is 5.84. The van der Waals surface area contributed by atoms with E-state index in [0.717, 1.165) is 16.6 Å². The maximum Gasteiger partial charge on any atom is 0.279 e. The van der Waals surface area contributed by atoms with Crippen LogP contribution < -0.4 is 10.9 Å². The minimum atomic E-state index is -0.234. The maximum atomic E-state index is 12.7. The first-order valence-electron chi connectivity index (χ1n) is 8.03. The van der Waals surface area contributed by atoms with Crippen molar-refractivity contribution >= 4 is 22.4 Å². The summed E-state index contributed by atoms with van der Waals surface area (Å²) in [5.41, 5.74) is 2.10. The van der Waals surface area contributed by atoms with E-state index in [0.29, 0.717) is 17.5 Å². The first-order valence-corrected chi connectivity index (χ1v) is 8.03. The van der Waals surface area contributed by atoms with Crippen molar-refractivity contribution in [3.8, 4) is 0 Å². The largest absolute Gasteiger partial charge is 0.351 e. The number of nitrogens with one attached hydrogen (secondary N) is 1. The summed E-state index contributed by atoms with van der Waals surface area (Å²) < 4.78 is 1.29. The van der Waals surface area contributed by atoms with Gasteiger partial charge in [-0.15, -0.1) is 0 Å². The summed E-state index contributed by atoms with van der Waals surface area (Å²) in [4.78, 5) is 23.9. The third-order valence-corrected chi connectivity index (χ3v) is 3.94. The molecule has 0 unspecified atom stereocenters. The van der Waals surface area contributed by atoms with Crippen molar-refractivity contribution in [2.75, 3.05) is 6.54 Å². The highest BCUT2D eigenvalue weighted by Gasteiger charge is 2.12. The number of aromatic nitrogens is 2. The molecule has 0 saturated carbocycles. The van der Waals surface area contributed by atoms with Gasteiger partial charge in [0, 0.05) is 18.7 Å². The number of carbonyl (C=O) groups is 1. The van der Waals surface area contributed by atoms with Crippen molar-refractivity contribution in [2.24, 2.45) is 0 Å².